The van der Waals surface area contributed by atoms with Crippen molar-refractivity contribution in [1.82, 2.24) is 0 Å². The van der Waals surface area contributed by atoms with E-state index in [1.165, 1.54) is 0 Å². The minimum atomic E-state index is -0.0815. The molecule has 2 N–H and O–H groups in total. The summed E-state index contributed by atoms with van der Waals surface area (Å²) >= 11 is 6.43. The highest BCUT2D eigenvalue weighted by Gasteiger charge is 2.15. The Kier molecular flexibility index (Phi) is 6.64. The quantitative estimate of drug-likeness (QED) is 0.484. The monoisotopic (exact) mass is 391 g/mol. The van der Waals surface area contributed by atoms with Gasteiger partial charge in [0, 0.05) is 29.1 Å². The Hall–Kier alpha value is -2.88. The zero-order valence-corrected chi connectivity index (χ0v) is 16.4. The molecule has 0 fully saturated rings. The number of carbonyl (C=O) groups is 1. The highest BCUT2D eigenvalue weighted by molar-refractivity contribution is 6.35. The molecule has 0 heterocycles. The van der Waals surface area contributed by atoms with E-state index in [9.17, 15) is 4.79 Å². The van der Waals surface area contributed by atoms with Crippen molar-refractivity contribution in [3.05, 3.63) is 100 Å². The van der Waals surface area contributed by atoms with Crippen LogP contribution in [0.4, 0.5) is 11.4 Å². The molecule has 3 aromatic carbocycles. The maximum Gasteiger partial charge on any atom is 0.194 e. The molecule has 3 aromatic rings. The van der Waals surface area contributed by atoms with Gasteiger partial charge in [-0.1, -0.05) is 66.2 Å². The highest BCUT2D eigenvalue weighted by atomic mass is 35.5. The first-order valence-electron chi connectivity index (χ1n) is 9.13. The van der Waals surface area contributed by atoms with Crippen LogP contribution in [0.15, 0.2) is 72.8 Å². The van der Waals surface area contributed by atoms with Gasteiger partial charge in [0.05, 0.1) is 5.02 Å². The number of anilines is 2. The largest absolute Gasteiger partial charge is 0.396 e. The average molecular weight is 392 g/mol. The molecule has 3 rings (SSSR count). The van der Waals surface area contributed by atoms with Gasteiger partial charge >= 0.3 is 0 Å². The van der Waals surface area contributed by atoms with Gasteiger partial charge in [-0.15, -0.1) is 0 Å². The number of carbonyl (C=O) groups excluding carboxylic acids is 1. The molecule has 0 bridgehead atoms. The third-order valence-corrected chi connectivity index (χ3v) is 4.75. The predicted molar refractivity (Wildman–Crippen MR) is 117 cm³/mol. The molecule has 0 aliphatic heterocycles. The van der Waals surface area contributed by atoms with Crippen LogP contribution in [0.1, 0.15) is 33.5 Å². The molecule has 0 aliphatic carbocycles. The van der Waals surface area contributed by atoms with Crippen LogP contribution in [0.5, 0.6) is 0 Å². The number of halogens is 1. The molecule has 0 saturated heterocycles. The Bertz CT molecular complexity index is 1010. The Morgan fingerprint density at radius 2 is 1.79 bits per heavy atom. The molecule has 0 aromatic heterocycles. The molecular formula is C24H22ClNO2. The van der Waals surface area contributed by atoms with Gasteiger partial charge in [-0.25, -0.2) is 0 Å². The molecule has 0 aliphatic rings. The van der Waals surface area contributed by atoms with Gasteiger partial charge in [0.2, 0.25) is 0 Å². The number of para-hydroxylation sites is 1. The second-order valence-corrected chi connectivity index (χ2v) is 6.87. The van der Waals surface area contributed by atoms with Crippen LogP contribution in [-0.2, 0) is 0 Å². The summed E-state index contributed by atoms with van der Waals surface area (Å²) in [5.41, 5.74) is 4.80. The third-order valence-electron chi connectivity index (χ3n) is 4.44. The fourth-order valence-corrected chi connectivity index (χ4v) is 3.21. The van der Waals surface area contributed by atoms with Gasteiger partial charge in [-0.3, -0.25) is 4.79 Å². The number of benzene rings is 3. The lowest BCUT2D eigenvalue weighted by Crippen LogP contribution is -2.04. The molecular weight excluding hydrogens is 370 g/mol. The van der Waals surface area contributed by atoms with E-state index in [4.69, 9.17) is 16.7 Å². The summed E-state index contributed by atoms with van der Waals surface area (Å²) < 4.78 is 0. The molecule has 0 spiro atoms. The van der Waals surface area contributed by atoms with Crippen LogP contribution < -0.4 is 5.32 Å². The van der Waals surface area contributed by atoms with Crippen molar-refractivity contribution in [3.63, 3.8) is 0 Å². The predicted octanol–water partition coefficient (Wildman–Crippen LogP) is 6.02. The normalized spacial score (nSPS) is 11.0. The minimum absolute atomic E-state index is 0.0815. The van der Waals surface area contributed by atoms with E-state index in [1.807, 2.05) is 73.7 Å². The number of rotatable bonds is 7. The SMILES string of the molecule is Cc1ccccc1C(=O)c1ccc(Nc2ccccc2/C=C/CCO)cc1Cl. The lowest BCUT2D eigenvalue weighted by atomic mass is 9.99. The summed E-state index contributed by atoms with van der Waals surface area (Å²) in [5.74, 6) is -0.0815. The number of aliphatic hydroxyl groups excluding tert-OH is 1. The molecule has 3 nitrogen and oxygen atoms in total. The molecule has 142 valence electrons. The van der Waals surface area contributed by atoms with Gasteiger partial charge in [0.25, 0.3) is 0 Å². The molecule has 0 saturated carbocycles. The molecule has 0 radical (unpaired) electrons. The zero-order valence-electron chi connectivity index (χ0n) is 15.7. The van der Waals surface area contributed by atoms with Crippen molar-refractivity contribution in [2.24, 2.45) is 0 Å². The van der Waals surface area contributed by atoms with E-state index >= 15 is 0 Å². The summed E-state index contributed by atoms with van der Waals surface area (Å²) in [5, 5.41) is 12.7. The molecule has 0 atom stereocenters. The second kappa shape index (κ2) is 9.36. The zero-order chi connectivity index (χ0) is 19.9. The Morgan fingerprint density at radius 3 is 2.54 bits per heavy atom. The Labute approximate surface area is 170 Å². The summed E-state index contributed by atoms with van der Waals surface area (Å²) in [6, 6.07) is 20.7. The summed E-state index contributed by atoms with van der Waals surface area (Å²) in [6.07, 6.45) is 4.50. The topological polar surface area (TPSA) is 49.3 Å². The van der Waals surface area contributed by atoms with Crippen LogP contribution >= 0.6 is 11.6 Å². The van der Waals surface area contributed by atoms with Crippen LogP contribution in [-0.4, -0.2) is 17.5 Å². The number of hydrogen-bond donors (Lipinski definition) is 2. The summed E-state index contributed by atoms with van der Waals surface area (Å²) in [4.78, 5) is 12.8. The lowest BCUT2D eigenvalue weighted by Gasteiger charge is -2.12. The van der Waals surface area contributed by atoms with Crippen molar-refractivity contribution < 1.29 is 9.90 Å². The van der Waals surface area contributed by atoms with Crippen LogP contribution in [0.2, 0.25) is 5.02 Å². The summed E-state index contributed by atoms with van der Waals surface area (Å²) in [6.45, 7) is 2.04. The van der Waals surface area contributed by atoms with Crippen LogP contribution in [0.3, 0.4) is 0 Å². The van der Waals surface area contributed by atoms with E-state index in [-0.39, 0.29) is 12.4 Å². The van der Waals surface area contributed by atoms with E-state index in [0.717, 1.165) is 22.5 Å². The molecule has 0 unspecified atom stereocenters. The van der Waals surface area contributed by atoms with E-state index < -0.39 is 0 Å². The minimum Gasteiger partial charge on any atom is -0.396 e. The highest BCUT2D eigenvalue weighted by Crippen LogP contribution is 2.28. The molecule has 4 heteroatoms. The van der Waals surface area contributed by atoms with Gasteiger partial charge in [-0.05, 0) is 48.7 Å². The Morgan fingerprint density at radius 1 is 1.04 bits per heavy atom. The maximum atomic E-state index is 12.8. The van der Waals surface area contributed by atoms with Crippen LogP contribution in [0.25, 0.3) is 6.08 Å². The first-order valence-corrected chi connectivity index (χ1v) is 9.51. The summed E-state index contributed by atoms with van der Waals surface area (Å²) in [7, 11) is 0. The number of aryl methyl sites for hydroxylation is 1. The first-order chi connectivity index (χ1) is 13.6. The maximum absolute atomic E-state index is 12.8. The number of ketones is 1. The lowest BCUT2D eigenvalue weighted by molar-refractivity contribution is 0.103. The standard InChI is InChI=1S/C24H22ClNO2/c1-17-8-2-4-11-20(17)24(28)21-14-13-19(16-22(21)25)26-23-12-5-3-9-18(23)10-6-7-15-27/h2-6,8-14,16,26-27H,7,15H2,1H3/b10-6+. The fourth-order valence-electron chi connectivity index (χ4n) is 2.95. The van der Waals surface area contributed by atoms with Gasteiger partial charge in [-0.2, -0.15) is 0 Å². The van der Waals surface area contributed by atoms with Crippen molar-refractivity contribution >= 4 is 34.8 Å². The number of aliphatic hydroxyl groups is 1. The number of hydrogen-bond acceptors (Lipinski definition) is 3. The van der Waals surface area contributed by atoms with Crippen LogP contribution in [0, 0.1) is 6.92 Å². The van der Waals surface area contributed by atoms with Crippen molar-refractivity contribution in [3.8, 4) is 0 Å². The number of nitrogens with one attached hydrogen (secondary N) is 1. The van der Waals surface area contributed by atoms with E-state index in [1.54, 1.807) is 12.1 Å². The second-order valence-electron chi connectivity index (χ2n) is 6.47. The smallest absolute Gasteiger partial charge is 0.194 e. The van der Waals surface area contributed by atoms with E-state index in [0.29, 0.717) is 22.6 Å². The van der Waals surface area contributed by atoms with E-state index in [2.05, 4.69) is 5.32 Å². The molecule has 28 heavy (non-hydrogen) atoms. The van der Waals surface area contributed by atoms with Gasteiger partial charge in [0.1, 0.15) is 0 Å². The van der Waals surface area contributed by atoms with Crippen molar-refractivity contribution in [2.45, 2.75) is 13.3 Å². The Balaban J connectivity index is 1.84. The first kappa shape index (κ1) is 19.9. The van der Waals surface area contributed by atoms with Gasteiger partial charge in [0.15, 0.2) is 5.78 Å². The average Bonchev–Trinajstić information content (AvgIpc) is 2.69. The van der Waals surface area contributed by atoms with Crippen molar-refractivity contribution in [2.75, 3.05) is 11.9 Å². The fraction of sp³-hybridized carbons (Fsp3) is 0.125. The van der Waals surface area contributed by atoms with Gasteiger partial charge < -0.3 is 10.4 Å². The van der Waals surface area contributed by atoms with Crippen molar-refractivity contribution in [1.29, 1.82) is 0 Å². The molecule has 0 amide bonds. The third kappa shape index (κ3) is 4.69.